The molecule has 10 heteroatoms. The molecule has 1 N–H and O–H groups in total. The van der Waals surface area contributed by atoms with Gasteiger partial charge in [0, 0.05) is 28.9 Å². The van der Waals surface area contributed by atoms with Gasteiger partial charge in [0.05, 0.1) is 24.0 Å². The predicted octanol–water partition coefficient (Wildman–Crippen LogP) is 1.28. The number of aliphatic carboxylic acids is 1. The Labute approximate surface area is 217 Å². The van der Waals surface area contributed by atoms with Crippen molar-refractivity contribution in [1.29, 1.82) is 0 Å². The summed E-state index contributed by atoms with van der Waals surface area (Å²) in [6.45, 7) is 3.03. The Morgan fingerprint density at radius 3 is 2.21 bits per heavy atom. The first-order valence-corrected chi connectivity index (χ1v) is 10.6. The number of carbonyl (C=O) groups is 1. The average molecular weight is 481 g/mol. The largest absolute Gasteiger partial charge is 1.00 e. The van der Waals surface area contributed by atoms with Crippen molar-refractivity contribution < 1.29 is 57.4 Å². The molecule has 0 aliphatic heterocycles. The summed E-state index contributed by atoms with van der Waals surface area (Å²) in [5, 5.41) is 11.1. The fourth-order valence-corrected chi connectivity index (χ4v) is 3.70. The standard InChI is InChI=1S/C24H24F3N3O3.Na/c1-22(2,21(31)32)14-33-17-7-4-15(5-8-17)18-9-6-16(12-28-18)20-29-13-19(30-20)23(10-3-11-23)24(25,26)27;/h4-9,12-13H,3,10-11,14H2,1-2H3,(H,29,30)(H,31,32);/q;+1/p-1. The number of carboxylic acid groups (broad SMARTS) is 1. The number of pyridine rings is 1. The zero-order chi connectivity index (χ0) is 23.9. The van der Waals surface area contributed by atoms with Crippen molar-refractivity contribution in [2.45, 2.75) is 44.7 Å². The van der Waals surface area contributed by atoms with Gasteiger partial charge in [0.1, 0.15) is 17.0 Å². The van der Waals surface area contributed by atoms with Crippen LogP contribution in [0.15, 0.2) is 48.8 Å². The van der Waals surface area contributed by atoms with E-state index < -0.39 is 23.0 Å². The fourth-order valence-electron chi connectivity index (χ4n) is 3.70. The Kier molecular flexibility index (Phi) is 7.50. The van der Waals surface area contributed by atoms with E-state index in [1.54, 1.807) is 42.6 Å². The molecule has 34 heavy (non-hydrogen) atoms. The van der Waals surface area contributed by atoms with Crippen molar-refractivity contribution in [3.05, 3.63) is 54.5 Å². The number of rotatable bonds is 7. The van der Waals surface area contributed by atoms with Crippen LogP contribution in [-0.2, 0) is 10.2 Å². The number of hydrogen-bond acceptors (Lipinski definition) is 5. The molecule has 2 aromatic heterocycles. The molecule has 1 aromatic carbocycles. The number of benzene rings is 1. The summed E-state index contributed by atoms with van der Waals surface area (Å²) < 4.78 is 46.2. The van der Waals surface area contributed by atoms with Crippen LogP contribution in [0.5, 0.6) is 5.75 Å². The van der Waals surface area contributed by atoms with Crippen LogP contribution in [0, 0.1) is 5.41 Å². The molecule has 4 rings (SSSR count). The minimum Gasteiger partial charge on any atom is -0.549 e. The van der Waals surface area contributed by atoms with Gasteiger partial charge in [-0.3, -0.25) is 4.98 Å². The third-order valence-electron chi connectivity index (χ3n) is 6.18. The second-order valence-electron chi connectivity index (χ2n) is 9.00. The normalized spacial score (nSPS) is 15.2. The molecule has 0 saturated heterocycles. The van der Waals surface area contributed by atoms with Gasteiger partial charge in [-0.2, -0.15) is 13.2 Å². The summed E-state index contributed by atoms with van der Waals surface area (Å²) in [6, 6.07) is 10.5. The van der Waals surface area contributed by atoms with Crippen molar-refractivity contribution in [1.82, 2.24) is 15.0 Å². The van der Waals surface area contributed by atoms with Crippen LogP contribution in [0.4, 0.5) is 13.2 Å². The number of H-pyrrole nitrogens is 1. The molecule has 0 atom stereocenters. The molecule has 1 fully saturated rings. The summed E-state index contributed by atoms with van der Waals surface area (Å²) in [4.78, 5) is 22.5. The summed E-state index contributed by atoms with van der Waals surface area (Å²) in [6.07, 6.45) is -0.794. The number of hydrogen-bond donors (Lipinski definition) is 1. The number of nitrogens with zero attached hydrogens (tertiary/aromatic N) is 2. The second-order valence-corrected chi connectivity index (χ2v) is 9.00. The molecule has 1 saturated carbocycles. The van der Waals surface area contributed by atoms with Gasteiger partial charge in [-0.05, 0) is 49.2 Å². The number of imidazole rings is 1. The summed E-state index contributed by atoms with van der Waals surface area (Å²) in [7, 11) is 0. The van der Waals surface area contributed by atoms with E-state index in [1.165, 1.54) is 20.0 Å². The van der Waals surface area contributed by atoms with E-state index in [9.17, 15) is 23.1 Å². The monoisotopic (exact) mass is 481 g/mol. The molecular weight excluding hydrogens is 458 g/mol. The van der Waals surface area contributed by atoms with Crippen molar-refractivity contribution in [3.63, 3.8) is 0 Å². The van der Waals surface area contributed by atoms with Gasteiger partial charge in [0.2, 0.25) is 0 Å². The minimum absolute atomic E-state index is 0. The van der Waals surface area contributed by atoms with E-state index in [1.807, 2.05) is 0 Å². The molecule has 1 aliphatic rings. The van der Waals surface area contributed by atoms with E-state index in [2.05, 4.69) is 15.0 Å². The third kappa shape index (κ3) is 5.01. The molecule has 2 heterocycles. The fraction of sp³-hybridized carbons (Fsp3) is 0.375. The van der Waals surface area contributed by atoms with Crippen LogP contribution in [0.25, 0.3) is 22.6 Å². The molecule has 0 radical (unpaired) electrons. The van der Waals surface area contributed by atoms with E-state index in [0.29, 0.717) is 29.3 Å². The van der Waals surface area contributed by atoms with Gasteiger partial charge in [0.15, 0.2) is 0 Å². The van der Waals surface area contributed by atoms with E-state index in [4.69, 9.17) is 4.74 Å². The average Bonchev–Trinajstić information content (AvgIpc) is 3.21. The molecule has 1 aliphatic carbocycles. The zero-order valence-corrected chi connectivity index (χ0v) is 21.2. The number of carbonyl (C=O) groups excluding carboxylic acids is 1. The third-order valence-corrected chi connectivity index (χ3v) is 6.18. The van der Waals surface area contributed by atoms with Crippen molar-refractivity contribution in [3.8, 4) is 28.4 Å². The Balaban J connectivity index is 0.00000324. The number of aromatic amines is 1. The molecule has 0 bridgehead atoms. The van der Waals surface area contributed by atoms with Gasteiger partial charge in [-0.15, -0.1) is 0 Å². The van der Waals surface area contributed by atoms with E-state index in [0.717, 1.165) is 5.56 Å². The summed E-state index contributed by atoms with van der Waals surface area (Å²) in [5.74, 6) is -0.324. The maximum atomic E-state index is 13.6. The molecule has 0 amide bonds. The van der Waals surface area contributed by atoms with Gasteiger partial charge in [-0.1, -0.05) is 20.3 Å². The Bertz CT molecular complexity index is 1140. The summed E-state index contributed by atoms with van der Waals surface area (Å²) in [5.41, 5.74) is -0.785. The minimum atomic E-state index is -4.31. The van der Waals surface area contributed by atoms with Crippen LogP contribution >= 0.6 is 0 Å². The van der Waals surface area contributed by atoms with Gasteiger partial charge in [-0.25, -0.2) is 4.98 Å². The van der Waals surface area contributed by atoms with E-state index >= 15 is 0 Å². The Morgan fingerprint density at radius 1 is 1.06 bits per heavy atom. The van der Waals surface area contributed by atoms with Crippen LogP contribution in [0.2, 0.25) is 0 Å². The quantitative estimate of drug-likeness (QED) is 0.514. The van der Waals surface area contributed by atoms with Gasteiger partial charge in [0.25, 0.3) is 0 Å². The molecular formula is C24H23F3N3NaO3. The SMILES string of the molecule is CC(C)(COc1ccc(-c2ccc(-c3ncc(C4(C(F)(F)F)CCC4)[nH]3)cn2)cc1)C(=O)[O-].[Na+]. The molecule has 6 nitrogen and oxygen atoms in total. The number of carboxylic acids is 1. The van der Waals surface area contributed by atoms with Crippen molar-refractivity contribution >= 4 is 5.97 Å². The maximum Gasteiger partial charge on any atom is 1.00 e. The molecule has 0 unspecified atom stereocenters. The molecule has 0 spiro atoms. The van der Waals surface area contributed by atoms with Crippen molar-refractivity contribution in [2.24, 2.45) is 5.41 Å². The number of alkyl halides is 3. The molecule has 174 valence electrons. The van der Waals surface area contributed by atoms with Crippen LogP contribution in [-0.4, -0.2) is 33.7 Å². The zero-order valence-electron chi connectivity index (χ0n) is 19.2. The van der Waals surface area contributed by atoms with E-state index in [-0.39, 0.29) is 54.7 Å². The van der Waals surface area contributed by atoms with Gasteiger partial charge >= 0.3 is 35.7 Å². The second kappa shape index (κ2) is 9.71. The Morgan fingerprint density at radius 2 is 1.71 bits per heavy atom. The first kappa shape index (κ1) is 26.2. The first-order chi connectivity index (χ1) is 15.5. The first-order valence-electron chi connectivity index (χ1n) is 10.6. The van der Waals surface area contributed by atoms with Gasteiger partial charge < -0.3 is 19.6 Å². The Hall–Kier alpha value is -2.36. The number of halogens is 3. The van der Waals surface area contributed by atoms with Crippen molar-refractivity contribution in [2.75, 3.05) is 6.61 Å². The topological polar surface area (TPSA) is 90.9 Å². The van der Waals surface area contributed by atoms with Crippen LogP contribution < -0.4 is 39.4 Å². The molecule has 3 aromatic rings. The number of ether oxygens (including phenoxy) is 1. The van der Waals surface area contributed by atoms with Crippen LogP contribution in [0.3, 0.4) is 0 Å². The number of nitrogens with one attached hydrogen (secondary N) is 1. The smallest absolute Gasteiger partial charge is 0.549 e. The summed E-state index contributed by atoms with van der Waals surface area (Å²) >= 11 is 0. The predicted molar refractivity (Wildman–Crippen MR) is 113 cm³/mol. The number of aromatic nitrogens is 3. The maximum absolute atomic E-state index is 13.6. The van der Waals surface area contributed by atoms with Crippen LogP contribution in [0.1, 0.15) is 38.8 Å².